The zero-order valence-electron chi connectivity index (χ0n) is 16.1. The molecule has 0 radical (unpaired) electrons. The Morgan fingerprint density at radius 2 is 2.15 bits per heavy atom. The fourth-order valence-electron chi connectivity index (χ4n) is 2.91. The maximum Gasteiger partial charge on any atom is 0.334 e. The number of rotatable bonds is 8. The number of hydrogen-bond acceptors (Lipinski definition) is 6. The summed E-state index contributed by atoms with van der Waals surface area (Å²) < 4.78 is 16.9. The topological polar surface area (TPSA) is 71.8 Å². The van der Waals surface area contributed by atoms with Gasteiger partial charge in [-0.05, 0) is 43.5 Å². The fraction of sp³-hybridized carbons (Fsp3) is 0.500. The molecule has 0 aliphatic carbocycles. The third-order valence-electron chi connectivity index (χ3n) is 4.34. The second kappa shape index (κ2) is 8.90. The van der Waals surface area contributed by atoms with Gasteiger partial charge in [-0.3, -0.25) is 0 Å². The van der Waals surface area contributed by atoms with Crippen LogP contribution in [-0.4, -0.2) is 35.9 Å². The molecule has 27 heavy (non-hydrogen) atoms. The van der Waals surface area contributed by atoms with Crippen LogP contribution in [0.25, 0.3) is 11.3 Å². The second-order valence-corrected chi connectivity index (χ2v) is 6.39. The summed E-state index contributed by atoms with van der Waals surface area (Å²) in [4.78, 5) is 18.7. The summed E-state index contributed by atoms with van der Waals surface area (Å²) in [7, 11) is 1.60. The lowest BCUT2D eigenvalue weighted by molar-refractivity contribution is -0.145. The number of hydrogen-bond donors (Lipinski definition) is 0. The van der Waals surface area contributed by atoms with Crippen molar-refractivity contribution in [2.45, 2.75) is 52.2 Å². The molecule has 0 bridgehead atoms. The van der Waals surface area contributed by atoms with E-state index < -0.39 is 0 Å². The molecular weight excluding hydrogens is 348 g/mol. The van der Waals surface area contributed by atoms with Crippen LogP contribution in [0.2, 0.25) is 0 Å². The molecule has 0 spiro atoms. The summed E-state index contributed by atoms with van der Waals surface area (Å²) in [6.45, 7) is 4.64. The van der Waals surface area contributed by atoms with Crippen molar-refractivity contribution in [2.75, 3.05) is 13.7 Å². The van der Waals surface area contributed by atoms with Gasteiger partial charge in [-0.1, -0.05) is 18.7 Å². The molecule has 7 nitrogen and oxygen atoms in total. The van der Waals surface area contributed by atoms with Gasteiger partial charge < -0.3 is 19.0 Å². The third-order valence-corrected chi connectivity index (χ3v) is 4.34. The van der Waals surface area contributed by atoms with Gasteiger partial charge >= 0.3 is 5.97 Å². The number of aromatic nitrogens is 2. The van der Waals surface area contributed by atoms with Gasteiger partial charge in [0.2, 0.25) is 0 Å². The monoisotopic (exact) mass is 374 g/mol. The van der Waals surface area contributed by atoms with Crippen LogP contribution in [0.1, 0.15) is 45.2 Å². The number of carbonyl (C=O) groups is 1. The maximum atomic E-state index is 11.9. The lowest BCUT2D eigenvalue weighted by Gasteiger charge is -2.16. The summed E-state index contributed by atoms with van der Waals surface area (Å²) in [5, 5.41) is 4.38. The van der Waals surface area contributed by atoms with E-state index in [1.165, 1.54) is 4.85 Å². The summed E-state index contributed by atoms with van der Waals surface area (Å²) in [5.41, 5.74) is 2.35. The molecule has 146 valence electrons. The molecule has 2 aromatic rings. The third kappa shape index (κ3) is 4.60. The summed E-state index contributed by atoms with van der Waals surface area (Å²) in [6.07, 6.45) is 3.36. The first-order chi connectivity index (χ1) is 13.1. The number of aryl methyl sites for hydroxylation is 1. The molecular formula is C20H26N2O5. The molecule has 1 unspecified atom stereocenters. The standard InChI is InChI=1S/C20H26N2O5/c1-4-7-19(23)27-22-16(13-15(5-2)21-22)14-9-10-17(24-3)18(12-14)26-20-8-6-11-25-20/h9-10,12-13,20H,4-8,11H2,1-3H3. The highest BCUT2D eigenvalue weighted by Gasteiger charge is 2.21. The molecule has 2 heterocycles. The first-order valence-corrected chi connectivity index (χ1v) is 9.41. The number of benzene rings is 1. The van der Waals surface area contributed by atoms with Crippen molar-refractivity contribution in [3.63, 3.8) is 0 Å². The first-order valence-electron chi connectivity index (χ1n) is 9.41. The van der Waals surface area contributed by atoms with Gasteiger partial charge in [-0.25, -0.2) is 4.79 Å². The molecule has 1 atom stereocenters. The molecule has 1 fully saturated rings. The van der Waals surface area contributed by atoms with Crippen molar-refractivity contribution >= 4 is 5.97 Å². The van der Waals surface area contributed by atoms with E-state index in [0.717, 1.165) is 36.9 Å². The van der Waals surface area contributed by atoms with Crippen molar-refractivity contribution in [1.29, 1.82) is 0 Å². The van der Waals surface area contributed by atoms with Crippen molar-refractivity contribution in [3.05, 3.63) is 30.0 Å². The van der Waals surface area contributed by atoms with E-state index in [4.69, 9.17) is 19.0 Å². The average Bonchev–Trinajstić information content (AvgIpc) is 3.31. The molecule has 1 aromatic carbocycles. The van der Waals surface area contributed by atoms with E-state index in [1.807, 2.05) is 38.1 Å². The quantitative estimate of drug-likeness (QED) is 0.705. The van der Waals surface area contributed by atoms with Crippen LogP contribution in [0.5, 0.6) is 11.5 Å². The lowest BCUT2D eigenvalue weighted by atomic mass is 10.1. The Bertz CT molecular complexity index is 781. The maximum absolute atomic E-state index is 11.9. The van der Waals surface area contributed by atoms with Gasteiger partial charge in [0.1, 0.15) is 5.69 Å². The Morgan fingerprint density at radius 1 is 1.30 bits per heavy atom. The Labute approximate surface area is 159 Å². The van der Waals surface area contributed by atoms with Crippen LogP contribution in [0.3, 0.4) is 0 Å². The van der Waals surface area contributed by atoms with E-state index in [0.29, 0.717) is 30.2 Å². The average molecular weight is 374 g/mol. The molecule has 0 N–H and O–H groups in total. The summed E-state index contributed by atoms with van der Waals surface area (Å²) >= 11 is 0. The first kappa shape index (κ1) is 19.2. The number of nitrogens with zero attached hydrogens (tertiary/aromatic N) is 2. The SMILES string of the molecule is CCCC(=O)On1nc(CC)cc1-c1ccc(OC)c(OC2CCCO2)c1. The molecule has 0 amide bonds. The molecule has 0 saturated carbocycles. The summed E-state index contributed by atoms with van der Waals surface area (Å²) in [6, 6.07) is 7.50. The number of carbonyl (C=O) groups excluding carboxylic acids is 1. The minimum Gasteiger partial charge on any atom is -0.493 e. The Hall–Kier alpha value is -2.54. The number of methoxy groups -OCH3 is 1. The Kier molecular flexibility index (Phi) is 6.34. The van der Waals surface area contributed by atoms with Gasteiger partial charge in [0.05, 0.1) is 19.4 Å². The van der Waals surface area contributed by atoms with Gasteiger partial charge in [0, 0.05) is 18.4 Å². The van der Waals surface area contributed by atoms with E-state index in [1.54, 1.807) is 7.11 Å². The van der Waals surface area contributed by atoms with Gasteiger partial charge in [-0.2, -0.15) is 0 Å². The second-order valence-electron chi connectivity index (χ2n) is 6.39. The predicted octanol–water partition coefficient (Wildman–Crippen LogP) is 3.39. The van der Waals surface area contributed by atoms with Gasteiger partial charge in [-0.15, -0.1) is 5.10 Å². The largest absolute Gasteiger partial charge is 0.493 e. The Morgan fingerprint density at radius 3 is 2.81 bits per heavy atom. The molecule has 1 aliphatic rings. The molecule has 7 heteroatoms. The van der Waals surface area contributed by atoms with Crippen LogP contribution in [0.4, 0.5) is 0 Å². The van der Waals surface area contributed by atoms with E-state index in [9.17, 15) is 4.79 Å². The van der Waals surface area contributed by atoms with Crippen molar-refractivity contribution in [2.24, 2.45) is 0 Å². The van der Waals surface area contributed by atoms with Crippen LogP contribution >= 0.6 is 0 Å². The normalized spacial score (nSPS) is 16.3. The highest BCUT2D eigenvalue weighted by Crippen LogP contribution is 2.34. The Balaban J connectivity index is 1.92. The minimum absolute atomic E-state index is 0.271. The van der Waals surface area contributed by atoms with Crippen molar-refractivity contribution in [3.8, 4) is 22.8 Å². The van der Waals surface area contributed by atoms with E-state index in [2.05, 4.69) is 5.10 Å². The van der Waals surface area contributed by atoms with Crippen LogP contribution in [-0.2, 0) is 16.0 Å². The molecule has 1 aliphatic heterocycles. The molecule has 1 saturated heterocycles. The van der Waals surface area contributed by atoms with E-state index >= 15 is 0 Å². The molecule has 1 aromatic heterocycles. The fourth-order valence-corrected chi connectivity index (χ4v) is 2.91. The van der Waals surface area contributed by atoms with Crippen LogP contribution < -0.4 is 14.3 Å². The lowest BCUT2D eigenvalue weighted by Crippen LogP contribution is -2.21. The highest BCUT2D eigenvalue weighted by molar-refractivity contribution is 5.71. The van der Waals surface area contributed by atoms with Gasteiger partial charge in [0.15, 0.2) is 17.8 Å². The predicted molar refractivity (Wildman–Crippen MR) is 99.7 cm³/mol. The van der Waals surface area contributed by atoms with Crippen molar-refractivity contribution < 1.29 is 23.8 Å². The zero-order chi connectivity index (χ0) is 19.2. The number of ether oxygens (including phenoxy) is 3. The highest BCUT2D eigenvalue weighted by atomic mass is 16.7. The smallest absolute Gasteiger partial charge is 0.334 e. The minimum atomic E-state index is -0.311. The molecule has 3 rings (SSSR count). The summed E-state index contributed by atoms with van der Waals surface area (Å²) in [5.74, 6) is 0.903. The van der Waals surface area contributed by atoms with E-state index in [-0.39, 0.29) is 12.3 Å². The van der Waals surface area contributed by atoms with Gasteiger partial charge in [0.25, 0.3) is 0 Å². The van der Waals surface area contributed by atoms with Crippen LogP contribution in [0.15, 0.2) is 24.3 Å². The van der Waals surface area contributed by atoms with Crippen LogP contribution in [0, 0.1) is 0 Å². The van der Waals surface area contributed by atoms with Crippen molar-refractivity contribution in [1.82, 2.24) is 9.94 Å². The zero-order valence-corrected chi connectivity index (χ0v) is 16.1.